The van der Waals surface area contributed by atoms with E-state index >= 15 is 0 Å². The number of urea groups is 1. The second-order valence-electron chi connectivity index (χ2n) is 6.88. The maximum absolute atomic E-state index is 12.3. The quantitative estimate of drug-likeness (QED) is 0.900. The number of carbonyl (C=O) groups excluding carboxylic acids is 1. The van der Waals surface area contributed by atoms with Crippen molar-refractivity contribution in [2.24, 2.45) is 0 Å². The van der Waals surface area contributed by atoms with Gasteiger partial charge in [-0.3, -0.25) is 0 Å². The second-order valence-corrected chi connectivity index (χ2v) is 6.88. The summed E-state index contributed by atoms with van der Waals surface area (Å²) in [5.41, 5.74) is 1.43. The fourth-order valence-electron chi connectivity index (χ4n) is 3.72. The number of ether oxygens (including phenoxy) is 1. The maximum Gasteiger partial charge on any atom is 0.317 e. The van der Waals surface area contributed by atoms with Crippen molar-refractivity contribution >= 4 is 6.03 Å². The molecule has 2 aliphatic rings. The SMILES string of the molecule is CN(C(=O)NCCN1CC[C@@H](c2ccccc2)C1)C1CCOCC1. The van der Waals surface area contributed by atoms with Crippen LogP contribution < -0.4 is 5.32 Å². The zero-order valence-corrected chi connectivity index (χ0v) is 14.6. The van der Waals surface area contributed by atoms with Crippen molar-refractivity contribution in [2.75, 3.05) is 46.4 Å². The second kappa shape index (κ2) is 8.49. The molecule has 132 valence electrons. The Morgan fingerprint density at radius 2 is 2.00 bits per heavy atom. The number of amides is 2. The summed E-state index contributed by atoms with van der Waals surface area (Å²) in [6.45, 7) is 5.37. The van der Waals surface area contributed by atoms with Gasteiger partial charge < -0.3 is 19.9 Å². The van der Waals surface area contributed by atoms with Crippen molar-refractivity contribution in [3.05, 3.63) is 35.9 Å². The highest BCUT2D eigenvalue weighted by atomic mass is 16.5. The predicted octanol–water partition coefficient (Wildman–Crippen LogP) is 2.30. The molecule has 1 N–H and O–H groups in total. The number of nitrogens with zero attached hydrogens (tertiary/aromatic N) is 2. The first-order valence-electron chi connectivity index (χ1n) is 9.10. The van der Waals surface area contributed by atoms with Crippen molar-refractivity contribution in [3.8, 4) is 0 Å². The molecule has 2 aliphatic heterocycles. The summed E-state index contributed by atoms with van der Waals surface area (Å²) in [6.07, 6.45) is 3.09. The van der Waals surface area contributed by atoms with Gasteiger partial charge in [0.25, 0.3) is 0 Å². The lowest BCUT2D eigenvalue weighted by molar-refractivity contribution is 0.0525. The topological polar surface area (TPSA) is 44.8 Å². The molecule has 2 saturated heterocycles. The van der Waals surface area contributed by atoms with Gasteiger partial charge in [-0.15, -0.1) is 0 Å². The highest BCUT2D eigenvalue weighted by molar-refractivity contribution is 5.74. The van der Waals surface area contributed by atoms with E-state index in [1.807, 2.05) is 11.9 Å². The molecular weight excluding hydrogens is 302 g/mol. The molecule has 5 nitrogen and oxygen atoms in total. The third-order valence-corrected chi connectivity index (χ3v) is 5.31. The van der Waals surface area contributed by atoms with E-state index in [9.17, 15) is 4.79 Å². The number of hydrogen-bond acceptors (Lipinski definition) is 3. The van der Waals surface area contributed by atoms with Crippen LogP contribution in [0.3, 0.4) is 0 Å². The van der Waals surface area contributed by atoms with Gasteiger partial charge in [0.15, 0.2) is 0 Å². The average Bonchev–Trinajstić information content (AvgIpc) is 3.11. The van der Waals surface area contributed by atoms with Crippen molar-refractivity contribution in [3.63, 3.8) is 0 Å². The van der Waals surface area contributed by atoms with Crippen LogP contribution in [0.15, 0.2) is 30.3 Å². The fraction of sp³-hybridized carbons (Fsp3) is 0.632. The van der Waals surface area contributed by atoms with Crippen molar-refractivity contribution in [1.82, 2.24) is 15.1 Å². The van der Waals surface area contributed by atoms with Crippen LogP contribution in [0.25, 0.3) is 0 Å². The van der Waals surface area contributed by atoms with Crippen LogP contribution in [0.5, 0.6) is 0 Å². The molecule has 0 bridgehead atoms. The molecule has 0 radical (unpaired) electrons. The van der Waals surface area contributed by atoms with Crippen LogP contribution in [-0.4, -0.2) is 68.3 Å². The summed E-state index contributed by atoms with van der Waals surface area (Å²) in [4.78, 5) is 16.6. The Morgan fingerprint density at radius 1 is 1.25 bits per heavy atom. The first kappa shape index (κ1) is 17.2. The summed E-state index contributed by atoms with van der Waals surface area (Å²) in [7, 11) is 1.90. The van der Waals surface area contributed by atoms with E-state index in [-0.39, 0.29) is 6.03 Å². The average molecular weight is 331 g/mol. The Labute approximate surface area is 145 Å². The molecular formula is C19H29N3O2. The molecule has 0 saturated carbocycles. The third kappa shape index (κ3) is 4.48. The number of carbonyl (C=O) groups is 1. The van der Waals surface area contributed by atoms with Crippen molar-refractivity contribution in [1.29, 1.82) is 0 Å². The van der Waals surface area contributed by atoms with Crippen LogP contribution in [-0.2, 0) is 4.74 Å². The predicted molar refractivity (Wildman–Crippen MR) is 95.2 cm³/mol. The van der Waals surface area contributed by atoms with E-state index in [4.69, 9.17) is 4.74 Å². The lowest BCUT2D eigenvalue weighted by Crippen LogP contribution is -2.47. The van der Waals surface area contributed by atoms with E-state index in [0.29, 0.717) is 18.5 Å². The normalized spacial score (nSPS) is 22.5. The zero-order valence-electron chi connectivity index (χ0n) is 14.6. The van der Waals surface area contributed by atoms with Gasteiger partial charge in [-0.2, -0.15) is 0 Å². The van der Waals surface area contributed by atoms with Crippen molar-refractivity contribution in [2.45, 2.75) is 31.2 Å². The van der Waals surface area contributed by atoms with Crippen LogP contribution in [0, 0.1) is 0 Å². The van der Waals surface area contributed by atoms with E-state index in [1.54, 1.807) is 0 Å². The van der Waals surface area contributed by atoms with Gasteiger partial charge in [-0.05, 0) is 37.3 Å². The van der Waals surface area contributed by atoms with Crippen molar-refractivity contribution < 1.29 is 9.53 Å². The summed E-state index contributed by atoms with van der Waals surface area (Å²) in [6, 6.07) is 11.1. The minimum Gasteiger partial charge on any atom is -0.381 e. The molecule has 5 heteroatoms. The lowest BCUT2D eigenvalue weighted by atomic mass is 9.99. The van der Waals surface area contributed by atoms with E-state index in [2.05, 4.69) is 40.5 Å². The molecule has 0 aliphatic carbocycles. The smallest absolute Gasteiger partial charge is 0.317 e. The Kier molecular flexibility index (Phi) is 6.10. The van der Waals surface area contributed by atoms with E-state index in [1.165, 1.54) is 12.0 Å². The largest absolute Gasteiger partial charge is 0.381 e. The highest BCUT2D eigenvalue weighted by Crippen LogP contribution is 2.26. The summed E-state index contributed by atoms with van der Waals surface area (Å²) >= 11 is 0. The molecule has 1 atom stereocenters. The Hall–Kier alpha value is -1.59. The monoisotopic (exact) mass is 331 g/mol. The highest BCUT2D eigenvalue weighted by Gasteiger charge is 2.24. The molecule has 0 unspecified atom stereocenters. The number of rotatable bonds is 5. The number of likely N-dealkylation sites (tertiary alicyclic amines) is 1. The van der Waals surface area contributed by atoms with Crippen LogP contribution in [0.2, 0.25) is 0 Å². The molecule has 24 heavy (non-hydrogen) atoms. The van der Waals surface area contributed by atoms with Gasteiger partial charge in [0.05, 0.1) is 0 Å². The van der Waals surface area contributed by atoms with Gasteiger partial charge in [0.1, 0.15) is 0 Å². The minimum atomic E-state index is 0.0423. The zero-order chi connectivity index (χ0) is 16.8. The number of benzene rings is 1. The molecule has 1 aromatic rings. The van der Waals surface area contributed by atoms with E-state index < -0.39 is 0 Å². The lowest BCUT2D eigenvalue weighted by Gasteiger charge is -2.31. The van der Waals surface area contributed by atoms with Gasteiger partial charge in [0.2, 0.25) is 0 Å². The molecule has 3 rings (SSSR count). The number of hydrogen-bond donors (Lipinski definition) is 1. The maximum atomic E-state index is 12.3. The Morgan fingerprint density at radius 3 is 2.75 bits per heavy atom. The van der Waals surface area contributed by atoms with Gasteiger partial charge in [0, 0.05) is 45.9 Å². The summed E-state index contributed by atoms with van der Waals surface area (Å²) < 4.78 is 5.36. The first-order valence-corrected chi connectivity index (χ1v) is 9.10. The molecule has 0 spiro atoms. The van der Waals surface area contributed by atoms with Crippen LogP contribution >= 0.6 is 0 Å². The van der Waals surface area contributed by atoms with Gasteiger partial charge >= 0.3 is 6.03 Å². The summed E-state index contributed by atoms with van der Waals surface area (Å²) in [5, 5.41) is 3.07. The Bertz CT molecular complexity index is 517. The van der Waals surface area contributed by atoms with Crippen LogP contribution in [0.4, 0.5) is 4.79 Å². The van der Waals surface area contributed by atoms with E-state index in [0.717, 1.165) is 45.7 Å². The number of nitrogens with one attached hydrogen (secondary N) is 1. The van der Waals surface area contributed by atoms with Gasteiger partial charge in [-0.1, -0.05) is 30.3 Å². The Balaban J connectivity index is 1.37. The standard InChI is InChI=1S/C19H29N3O2/c1-21(18-8-13-24-14-9-18)19(23)20-10-12-22-11-7-17(15-22)16-5-3-2-4-6-16/h2-6,17-18H,7-15H2,1H3,(H,20,23)/t17-/m1/s1. The van der Waals surface area contributed by atoms with Crippen LogP contribution in [0.1, 0.15) is 30.7 Å². The minimum absolute atomic E-state index is 0.0423. The van der Waals surface area contributed by atoms with Gasteiger partial charge in [-0.25, -0.2) is 4.79 Å². The molecule has 0 aromatic heterocycles. The third-order valence-electron chi connectivity index (χ3n) is 5.31. The molecule has 2 amide bonds. The fourth-order valence-corrected chi connectivity index (χ4v) is 3.72. The molecule has 2 fully saturated rings. The summed E-state index contributed by atoms with van der Waals surface area (Å²) in [5.74, 6) is 0.631. The molecule has 2 heterocycles. The molecule has 1 aromatic carbocycles. The first-order chi connectivity index (χ1) is 11.7.